The van der Waals surface area contributed by atoms with Crippen molar-refractivity contribution in [3.63, 3.8) is 0 Å². The molecule has 2 atom stereocenters. The van der Waals surface area contributed by atoms with E-state index in [1.165, 1.54) is 0 Å². The van der Waals surface area contributed by atoms with Crippen LogP contribution < -0.4 is 5.32 Å². The molecule has 0 aromatic rings. The first-order chi connectivity index (χ1) is 5.65. The maximum absolute atomic E-state index is 9.40. The highest BCUT2D eigenvalue weighted by molar-refractivity contribution is 4.94. The van der Waals surface area contributed by atoms with Crippen LogP contribution in [0.5, 0.6) is 0 Å². The number of nitrogens with one attached hydrogen (secondary N) is 1. The Kier molecular flexibility index (Phi) is 5.98. The first kappa shape index (κ1) is 11.6. The molecule has 0 fully saturated rings. The molecule has 0 aromatic carbocycles. The minimum absolute atomic E-state index is 0.187. The van der Waals surface area contributed by atoms with Crippen molar-refractivity contribution >= 4 is 0 Å². The van der Waals surface area contributed by atoms with E-state index in [0.717, 1.165) is 0 Å². The Morgan fingerprint density at radius 2 is 2.17 bits per heavy atom. The summed E-state index contributed by atoms with van der Waals surface area (Å²) >= 11 is 0. The Hall–Kier alpha value is -0.380. The van der Waals surface area contributed by atoms with Crippen LogP contribution in [-0.4, -0.2) is 22.4 Å². The third kappa shape index (κ3) is 3.85. The molecule has 0 amide bonds. The molecule has 3 heteroatoms. The molecular weight excluding hydrogens is 154 g/mol. The summed E-state index contributed by atoms with van der Waals surface area (Å²) in [5.74, 6) is 0. The smallest absolute Gasteiger partial charge is 0.158 e. The van der Waals surface area contributed by atoms with Crippen molar-refractivity contribution in [3.05, 3.63) is 18.9 Å². The lowest BCUT2D eigenvalue weighted by Gasteiger charge is -2.21. The van der Waals surface area contributed by atoms with E-state index in [1.54, 1.807) is 6.08 Å². The molecular formula is C9H18NO2. The van der Waals surface area contributed by atoms with Gasteiger partial charge in [-0.25, -0.2) is 0 Å². The average molecular weight is 172 g/mol. The second-order valence-corrected chi connectivity index (χ2v) is 2.68. The van der Waals surface area contributed by atoms with E-state index in [-0.39, 0.29) is 12.3 Å². The van der Waals surface area contributed by atoms with Gasteiger partial charge in [-0.1, -0.05) is 19.9 Å². The monoisotopic (exact) mass is 172 g/mol. The van der Waals surface area contributed by atoms with Crippen molar-refractivity contribution in [2.75, 3.05) is 0 Å². The molecule has 0 aliphatic carbocycles. The molecule has 71 valence electrons. The topological polar surface area (TPSA) is 52.5 Å². The fourth-order valence-corrected chi connectivity index (χ4v) is 0.861. The predicted octanol–water partition coefficient (Wildman–Crippen LogP) is 1.17. The lowest BCUT2D eigenvalue weighted by molar-refractivity contribution is 0.122. The second-order valence-electron chi connectivity index (χ2n) is 2.68. The highest BCUT2D eigenvalue weighted by Gasteiger charge is 2.16. The van der Waals surface area contributed by atoms with Crippen LogP contribution in [-0.2, 0) is 0 Å². The zero-order valence-corrected chi connectivity index (χ0v) is 7.75. The molecule has 0 aliphatic heterocycles. The van der Waals surface area contributed by atoms with Crippen molar-refractivity contribution in [1.29, 1.82) is 0 Å². The van der Waals surface area contributed by atoms with Gasteiger partial charge >= 0.3 is 0 Å². The van der Waals surface area contributed by atoms with E-state index >= 15 is 0 Å². The van der Waals surface area contributed by atoms with E-state index in [2.05, 4.69) is 11.9 Å². The fraction of sp³-hybridized carbons (Fsp3) is 0.667. The summed E-state index contributed by atoms with van der Waals surface area (Å²) in [6.45, 7) is 7.29. The first-order valence-electron chi connectivity index (χ1n) is 4.27. The molecule has 1 radical (unpaired) electrons. The quantitative estimate of drug-likeness (QED) is 0.527. The van der Waals surface area contributed by atoms with Crippen LogP contribution in [0.25, 0.3) is 0 Å². The average Bonchev–Trinajstić information content (AvgIpc) is 2.12. The predicted molar refractivity (Wildman–Crippen MR) is 48.9 cm³/mol. The van der Waals surface area contributed by atoms with E-state index in [1.807, 2.05) is 13.8 Å². The first-order valence-corrected chi connectivity index (χ1v) is 4.27. The minimum Gasteiger partial charge on any atom is -0.391 e. The third-order valence-corrected chi connectivity index (χ3v) is 1.75. The lowest BCUT2D eigenvalue weighted by Crippen LogP contribution is -2.39. The molecule has 3 nitrogen and oxygen atoms in total. The summed E-state index contributed by atoms with van der Waals surface area (Å²) in [4.78, 5) is 0. The normalized spacial score (nSPS) is 16.1. The van der Waals surface area contributed by atoms with Crippen LogP contribution in [0.3, 0.4) is 0 Å². The Bertz CT molecular complexity index is 128. The van der Waals surface area contributed by atoms with Crippen LogP contribution in [0.1, 0.15) is 26.7 Å². The van der Waals surface area contributed by atoms with Gasteiger partial charge in [0.05, 0.1) is 12.1 Å². The Labute approximate surface area is 74.1 Å². The third-order valence-electron chi connectivity index (χ3n) is 1.75. The minimum atomic E-state index is -0.490. The van der Waals surface area contributed by atoms with E-state index in [9.17, 15) is 5.11 Å². The van der Waals surface area contributed by atoms with Crippen molar-refractivity contribution in [2.45, 2.75) is 38.8 Å². The Morgan fingerprint density at radius 3 is 2.50 bits per heavy atom. The number of aliphatic hydroxyl groups is 2. The lowest BCUT2D eigenvalue weighted by atomic mass is 10.1. The fourth-order valence-electron chi connectivity index (χ4n) is 0.861. The van der Waals surface area contributed by atoms with E-state index in [4.69, 9.17) is 5.11 Å². The summed E-state index contributed by atoms with van der Waals surface area (Å²) in [7, 11) is 0. The van der Waals surface area contributed by atoms with E-state index < -0.39 is 6.10 Å². The van der Waals surface area contributed by atoms with Crippen LogP contribution in [0, 0.1) is 6.23 Å². The summed E-state index contributed by atoms with van der Waals surface area (Å²) < 4.78 is 0. The summed E-state index contributed by atoms with van der Waals surface area (Å²) in [5, 5.41) is 21.3. The van der Waals surface area contributed by atoms with Gasteiger partial charge in [0.15, 0.2) is 6.23 Å². The number of rotatable bonds is 6. The van der Waals surface area contributed by atoms with Gasteiger partial charge in [-0.05, 0) is 12.8 Å². The van der Waals surface area contributed by atoms with Crippen LogP contribution in [0.2, 0.25) is 0 Å². The van der Waals surface area contributed by atoms with Crippen molar-refractivity contribution in [2.24, 2.45) is 0 Å². The molecule has 0 spiro atoms. The molecule has 0 saturated carbocycles. The molecule has 0 bridgehead atoms. The molecule has 3 N–H and O–H groups in total. The summed E-state index contributed by atoms with van der Waals surface area (Å²) in [5.41, 5.74) is 0. The van der Waals surface area contributed by atoms with Gasteiger partial charge in [-0.15, -0.1) is 6.58 Å². The van der Waals surface area contributed by atoms with Crippen LogP contribution in [0.15, 0.2) is 12.7 Å². The SMILES string of the molecule is C=CC(N[C](O)CC)C(O)CC. The summed E-state index contributed by atoms with van der Waals surface area (Å²) in [6, 6.07) is -0.255. The molecule has 2 unspecified atom stereocenters. The molecule has 0 aromatic heterocycles. The molecule has 0 aliphatic rings. The molecule has 0 heterocycles. The molecule has 12 heavy (non-hydrogen) atoms. The Balaban J connectivity index is 3.89. The number of aliphatic hydroxyl groups excluding tert-OH is 2. The molecule has 0 rings (SSSR count). The zero-order valence-electron chi connectivity index (χ0n) is 7.75. The number of hydrogen-bond donors (Lipinski definition) is 3. The van der Waals surface area contributed by atoms with Gasteiger partial charge in [0.25, 0.3) is 0 Å². The maximum Gasteiger partial charge on any atom is 0.158 e. The zero-order chi connectivity index (χ0) is 9.56. The largest absolute Gasteiger partial charge is 0.391 e. The second kappa shape index (κ2) is 6.17. The number of hydrogen-bond acceptors (Lipinski definition) is 3. The van der Waals surface area contributed by atoms with E-state index in [0.29, 0.717) is 12.8 Å². The highest BCUT2D eigenvalue weighted by atomic mass is 16.3. The van der Waals surface area contributed by atoms with Crippen molar-refractivity contribution in [1.82, 2.24) is 5.32 Å². The van der Waals surface area contributed by atoms with Gasteiger partial charge in [0.1, 0.15) is 0 Å². The van der Waals surface area contributed by atoms with Crippen LogP contribution >= 0.6 is 0 Å². The van der Waals surface area contributed by atoms with Gasteiger partial charge in [-0.2, -0.15) is 0 Å². The van der Waals surface area contributed by atoms with Crippen LogP contribution in [0.4, 0.5) is 0 Å². The standard InChI is InChI=1S/C9H18NO2/c1-4-7(8(11)5-2)10-9(12)6-3/h4,7-8,10-12H,1,5-6H2,2-3H3. The van der Waals surface area contributed by atoms with Gasteiger partial charge < -0.3 is 10.2 Å². The van der Waals surface area contributed by atoms with Gasteiger partial charge in [0, 0.05) is 0 Å². The highest BCUT2D eigenvalue weighted by Crippen LogP contribution is 2.04. The maximum atomic E-state index is 9.40. The van der Waals surface area contributed by atoms with Gasteiger partial charge in [-0.3, -0.25) is 5.32 Å². The Morgan fingerprint density at radius 1 is 1.58 bits per heavy atom. The summed E-state index contributed by atoms with van der Waals surface area (Å²) in [6.07, 6.45) is 2.48. The molecule has 0 saturated heterocycles. The van der Waals surface area contributed by atoms with Crippen molar-refractivity contribution in [3.8, 4) is 0 Å². The van der Waals surface area contributed by atoms with Crippen molar-refractivity contribution < 1.29 is 10.2 Å². The van der Waals surface area contributed by atoms with Gasteiger partial charge in [0.2, 0.25) is 0 Å².